The standard InChI is InChI=1S/C9H16O2.CHN/c10-9(11)8-6-4-2-1-3-5-7-8;1-2/h8H,1-7H2,(H,10,11);1H. The van der Waals surface area contributed by atoms with Gasteiger partial charge < -0.3 is 5.11 Å². The first kappa shape index (κ1) is 12.0. The van der Waals surface area contributed by atoms with Crippen LogP contribution in [0.4, 0.5) is 0 Å². The zero-order chi connectivity index (χ0) is 10.1. The minimum atomic E-state index is -0.591. The fourth-order valence-corrected chi connectivity index (χ4v) is 1.70. The summed E-state index contributed by atoms with van der Waals surface area (Å²) < 4.78 is 0. The molecule has 1 saturated carbocycles. The van der Waals surface area contributed by atoms with Gasteiger partial charge in [-0.2, -0.15) is 0 Å². The molecule has 1 aliphatic rings. The average Bonchev–Trinajstić information content (AvgIpc) is 2.06. The van der Waals surface area contributed by atoms with Crippen molar-refractivity contribution in [2.75, 3.05) is 0 Å². The average molecular weight is 183 g/mol. The quantitative estimate of drug-likeness (QED) is 0.679. The van der Waals surface area contributed by atoms with E-state index in [1.54, 1.807) is 0 Å². The summed E-state index contributed by atoms with van der Waals surface area (Å²) in [7, 11) is 0. The lowest BCUT2D eigenvalue weighted by atomic mass is 9.91. The highest BCUT2D eigenvalue weighted by Crippen LogP contribution is 2.21. The summed E-state index contributed by atoms with van der Waals surface area (Å²) in [4.78, 5) is 10.6. The van der Waals surface area contributed by atoms with Gasteiger partial charge in [-0.25, -0.2) is 5.26 Å². The number of hydrogen-bond acceptors (Lipinski definition) is 2. The van der Waals surface area contributed by atoms with E-state index in [9.17, 15) is 4.79 Å². The SMILES string of the molecule is C#N.O=C(O)C1CCCCCCC1. The molecule has 0 saturated heterocycles. The van der Waals surface area contributed by atoms with Crippen LogP contribution in [0.5, 0.6) is 0 Å². The van der Waals surface area contributed by atoms with Gasteiger partial charge in [0, 0.05) is 6.57 Å². The number of nitrogens with zero attached hydrogens (tertiary/aromatic N) is 1. The number of aliphatic carboxylic acids is 1. The molecular weight excluding hydrogens is 166 g/mol. The molecule has 0 amide bonds. The Morgan fingerprint density at radius 1 is 1.08 bits per heavy atom. The minimum absolute atomic E-state index is 0.0460. The van der Waals surface area contributed by atoms with E-state index in [0.29, 0.717) is 0 Å². The van der Waals surface area contributed by atoms with Crippen LogP contribution in [-0.2, 0) is 4.79 Å². The van der Waals surface area contributed by atoms with E-state index in [-0.39, 0.29) is 5.92 Å². The van der Waals surface area contributed by atoms with E-state index in [1.165, 1.54) is 19.3 Å². The van der Waals surface area contributed by atoms with E-state index in [2.05, 4.69) is 6.57 Å². The second kappa shape index (κ2) is 7.60. The summed E-state index contributed by atoms with van der Waals surface area (Å²) in [5.74, 6) is -0.637. The maximum atomic E-state index is 10.6. The molecule has 1 N–H and O–H groups in total. The van der Waals surface area contributed by atoms with Crippen LogP contribution >= 0.6 is 0 Å². The van der Waals surface area contributed by atoms with Gasteiger partial charge in [0.25, 0.3) is 0 Å². The number of carboxylic acids is 1. The highest BCUT2D eigenvalue weighted by Gasteiger charge is 2.17. The van der Waals surface area contributed by atoms with E-state index in [0.717, 1.165) is 25.7 Å². The molecule has 0 heterocycles. The Hall–Kier alpha value is -1.04. The second-order valence-electron chi connectivity index (χ2n) is 3.38. The van der Waals surface area contributed by atoms with Gasteiger partial charge in [-0.05, 0) is 12.8 Å². The van der Waals surface area contributed by atoms with Crippen LogP contribution in [0, 0.1) is 17.8 Å². The molecule has 0 atom stereocenters. The first-order chi connectivity index (χ1) is 6.30. The third-order valence-corrected chi connectivity index (χ3v) is 2.45. The predicted molar refractivity (Wildman–Crippen MR) is 50.1 cm³/mol. The summed E-state index contributed by atoms with van der Waals surface area (Å²) in [6.45, 7) is 3.50. The second-order valence-corrected chi connectivity index (χ2v) is 3.38. The lowest BCUT2D eigenvalue weighted by molar-refractivity contribution is -0.142. The van der Waals surface area contributed by atoms with E-state index in [4.69, 9.17) is 10.4 Å². The Morgan fingerprint density at radius 3 is 1.85 bits per heavy atom. The highest BCUT2D eigenvalue weighted by molar-refractivity contribution is 5.69. The Bertz CT molecular complexity index is 158. The van der Waals surface area contributed by atoms with E-state index >= 15 is 0 Å². The van der Waals surface area contributed by atoms with Crippen molar-refractivity contribution in [1.29, 1.82) is 5.26 Å². The number of rotatable bonds is 1. The summed E-state index contributed by atoms with van der Waals surface area (Å²) >= 11 is 0. The third-order valence-electron chi connectivity index (χ3n) is 2.45. The number of hydrogen-bond donors (Lipinski definition) is 1. The van der Waals surface area contributed by atoms with Gasteiger partial charge in [-0.3, -0.25) is 4.79 Å². The molecule has 0 aliphatic heterocycles. The van der Waals surface area contributed by atoms with Gasteiger partial charge in [-0.15, -0.1) is 0 Å². The molecule has 0 radical (unpaired) electrons. The predicted octanol–water partition coefficient (Wildman–Crippen LogP) is 2.57. The molecular formula is C10H17NO2. The van der Waals surface area contributed by atoms with Gasteiger partial charge >= 0.3 is 5.97 Å². The molecule has 74 valence electrons. The van der Waals surface area contributed by atoms with Crippen molar-refractivity contribution in [2.45, 2.75) is 44.9 Å². The van der Waals surface area contributed by atoms with Crippen LogP contribution in [0.2, 0.25) is 0 Å². The maximum Gasteiger partial charge on any atom is 0.306 e. The first-order valence-corrected chi connectivity index (χ1v) is 4.79. The molecule has 1 fully saturated rings. The van der Waals surface area contributed by atoms with Crippen LogP contribution in [0.15, 0.2) is 0 Å². The van der Waals surface area contributed by atoms with Crippen LogP contribution in [0.3, 0.4) is 0 Å². The van der Waals surface area contributed by atoms with Crippen LogP contribution in [-0.4, -0.2) is 11.1 Å². The topological polar surface area (TPSA) is 61.1 Å². The highest BCUT2D eigenvalue weighted by atomic mass is 16.4. The Balaban J connectivity index is 0.000000671. The summed E-state index contributed by atoms with van der Waals surface area (Å²) in [5.41, 5.74) is 0. The Morgan fingerprint density at radius 2 is 1.46 bits per heavy atom. The molecule has 13 heavy (non-hydrogen) atoms. The van der Waals surface area contributed by atoms with Crippen molar-refractivity contribution < 1.29 is 9.90 Å². The monoisotopic (exact) mass is 183 g/mol. The molecule has 0 aromatic carbocycles. The molecule has 0 bridgehead atoms. The molecule has 0 spiro atoms. The molecule has 3 heteroatoms. The summed E-state index contributed by atoms with van der Waals surface area (Å²) in [5, 5.41) is 15.3. The summed E-state index contributed by atoms with van der Waals surface area (Å²) in [6.07, 6.45) is 7.76. The lowest BCUT2D eigenvalue weighted by Crippen LogP contribution is -2.14. The van der Waals surface area contributed by atoms with E-state index < -0.39 is 5.97 Å². The van der Waals surface area contributed by atoms with Crippen molar-refractivity contribution in [3.8, 4) is 6.57 Å². The number of carbonyl (C=O) groups is 1. The fraction of sp³-hybridized carbons (Fsp3) is 0.800. The molecule has 1 rings (SSSR count). The van der Waals surface area contributed by atoms with Crippen LogP contribution in [0.25, 0.3) is 0 Å². The first-order valence-electron chi connectivity index (χ1n) is 4.79. The van der Waals surface area contributed by atoms with Crippen LogP contribution < -0.4 is 0 Å². The molecule has 0 aromatic heterocycles. The smallest absolute Gasteiger partial charge is 0.306 e. The largest absolute Gasteiger partial charge is 0.481 e. The Kier molecular flexibility index (Phi) is 6.99. The van der Waals surface area contributed by atoms with Gasteiger partial charge in [0.05, 0.1) is 5.92 Å². The van der Waals surface area contributed by atoms with Crippen molar-refractivity contribution in [2.24, 2.45) is 5.92 Å². The van der Waals surface area contributed by atoms with E-state index in [1.807, 2.05) is 0 Å². The third kappa shape index (κ3) is 5.24. The maximum absolute atomic E-state index is 10.6. The van der Waals surface area contributed by atoms with Crippen molar-refractivity contribution in [3.63, 3.8) is 0 Å². The molecule has 3 nitrogen and oxygen atoms in total. The molecule has 0 aromatic rings. The van der Waals surface area contributed by atoms with Crippen LogP contribution in [0.1, 0.15) is 44.9 Å². The zero-order valence-corrected chi connectivity index (χ0v) is 7.91. The minimum Gasteiger partial charge on any atom is -0.481 e. The number of carboxylic acid groups (broad SMARTS) is 1. The molecule has 1 aliphatic carbocycles. The fourth-order valence-electron chi connectivity index (χ4n) is 1.70. The van der Waals surface area contributed by atoms with Gasteiger partial charge in [-0.1, -0.05) is 32.1 Å². The van der Waals surface area contributed by atoms with Gasteiger partial charge in [0.2, 0.25) is 0 Å². The zero-order valence-electron chi connectivity index (χ0n) is 7.91. The number of nitriles is 1. The molecule has 0 unspecified atom stereocenters. The lowest BCUT2D eigenvalue weighted by Gasteiger charge is -2.14. The Labute approximate surface area is 79.4 Å². The van der Waals surface area contributed by atoms with Crippen molar-refractivity contribution >= 4 is 5.97 Å². The normalized spacial score (nSPS) is 18.9. The van der Waals surface area contributed by atoms with Crippen molar-refractivity contribution in [3.05, 3.63) is 0 Å². The van der Waals surface area contributed by atoms with Gasteiger partial charge in [0.1, 0.15) is 0 Å². The van der Waals surface area contributed by atoms with Crippen molar-refractivity contribution in [1.82, 2.24) is 0 Å². The van der Waals surface area contributed by atoms with Gasteiger partial charge in [0.15, 0.2) is 0 Å². The summed E-state index contributed by atoms with van der Waals surface area (Å²) in [6, 6.07) is 0.